The van der Waals surface area contributed by atoms with E-state index in [1.807, 2.05) is 13.8 Å². The summed E-state index contributed by atoms with van der Waals surface area (Å²) in [7, 11) is 0. The number of carbonyl (C=O) groups is 2. The SMILES string of the molecule is CC(=O)C=C(C)NCCCNC(C)=CC(C)=O. The van der Waals surface area contributed by atoms with Gasteiger partial charge in [0.2, 0.25) is 0 Å². The van der Waals surface area contributed by atoms with Crippen molar-refractivity contribution >= 4 is 11.6 Å². The van der Waals surface area contributed by atoms with Gasteiger partial charge in [0.25, 0.3) is 0 Å². The maximum Gasteiger partial charge on any atom is 0.154 e. The molecule has 0 aromatic rings. The lowest BCUT2D eigenvalue weighted by atomic mass is 10.3. The molecule has 96 valence electrons. The van der Waals surface area contributed by atoms with Crippen molar-refractivity contribution in [3.8, 4) is 0 Å². The molecular weight excluding hydrogens is 216 g/mol. The molecule has 0 fully saturated rings. The molecule has 0 saturated carbocycles. The van der Waals surface area contributed by atoms with Gasteiger partial charge in [0.15, 0.2) is 11.6 Å². The minimum Gasteiger partial charge on any atom is -0.388 e. The Morgan fingerprint density at radius 2 is 1.18 bits per heavy atom. The number of hydrogen-bond donors (Lipinski definition) is 2. The Morgan fingerprint density at radius 3 is 1.47 bits per heavy atom. The maximum absolute atomic E-state index is 10.8. The first-order valence-corrected chi connectivity index (χ1v) is 5.77. The van der Waals surface area contributed by atoms with Gasteiger partial charge in [-0.2, -0.15) is 0 Å². The molecule has 0 unspecified atom stereocenters. The molecule has 0 aromatic heterocycles. The Bertz CT molecular complexity index is 298. The van der Waals surface area contributed by atoms with E-state index in [-0.39, 0.29) is 11.6 Å². The molecule has 0 aliphatic carbocycles. The van der Waals surface area contributed by atoms with Crippen molar-refractivity contribution in [2.24, 2.45) is 0 Å². The Morgan fingerprint density at radius 1 is 0.824 bits per heavy atom. The average molecular weight is 238 g/mol. The van der Waals surface area contributed by atoms with Gasteiger partial charge in [-0.25, -0.2) is 0 Å². The fraction of sp³-hybridized carbons (Fsp3) is 0.538. The summed E-state index contributed by atoms with van der Waals surface area (Å²) in [6.07, 6.45) is 4.08. The van der Waals surface area contributed by atoms with Crippen LogP contribution in [-0.2, 0) is 9.59 Å². The molecule has 0 spiro atoms. The van der Waals surface area contributed by atoms with Gasteiger partial charge in [0.1, 0.15) is 0 Å². The summed E-state index contributed by atoms with van der Waals surface area (Å²) in [6.45, 7) is 8.41. The molecule has 0 aliphatic rings. The third-order valence-electron chi connectivity index (χ3n) is 2.00. The zero-order valence-electron chi connectivity index (χ0n) is 11.1. The van der Waals surface area contributed by atoms with E-state index in [9.17, 15) is 9.59 Å². The van der Waals surface area contributed by atoms with E-state index in [1.165, 1.54) is 13.8 Å². The van der Waals surface area contributed by atoms with E-state index < -0.39 is 0 Å². The number of hydrogen-bond acceptors (Lipinski definition) is 4. The third-order valence-corrected chi connectivity index (χ3v) is 2.00. The lowest BCUT2D eigenvalue weighted by Crippen LogP contribution is -2.20. The minimum absolute atomic E-state index is 0.0494. The van der Waals surface area contributed by atoms with Crippen molar-refractivity contribution in [3.63, 3.8) is 0 Å². The van der Waals surface area contributed by atoms with Crippen LogP contribution in [0.1, 0.15) is 34.1 Å². The Balaban J connectivity index is 3.66. The molecule has 4 heteroatoms. The monoisotopic (exact) mass is 238 g/mol. The van der Waals surface area contributed by atoms with Crippen molar-refractivity contribution < 1.29 is 9.59 Å². The second-order valence-corrected chi connectivity index (χ2v) is 4.08. The normalized spacial score (nSPS) is 12.2. The van der Waals surface area contributed by atoms with Gasteiger partial charge in [-0.15, -0.1) is 0 Å². The third kappa shape index (κ3) is 10.7. The summed E-state index contributed by atoms with van der Waals surface area (Å²) in [6, 6.07) is 0. The van der Waals surface area contributed by atoms with Crippen LogP contribution in [0, 0.1) is 0 Å². The molecule has 0 radical (unpaired) electrons. The molecule has 0 heterocycles. The molecule has 0 aromatic carbocycles. The van der Waals surface area contributed by atoms with Crippen LogP contribution in [0.25, 0.3) is 0 Å². The van der Waals surface area contributed by atoms with Gasteiger partial charge < -0.3 is 10.6 Å². The smallest absolute Gasteiger partial charge is 0.154 e. The highest BCUT2D eigenvalue weighted by atomic mass is 16.1. The molecule has 0 saturated heterocycles. The van der Waals surface area contributed by atoms with Crippen LogP contribution >= 0.6 is 0 Å². The summed E-state index contributed by atoms with van der Waals surface area (Å²) in [5.74, 6) is 0.0988. The van der Waals surface area contributed by atoms with Crippen molar-refractivity contribution in [1.82, 2.24) is 10.6 Å². The molecular formula is C13H22N2O2. The number of rotatable bonds is 8. The van der Waals surface area contributed by atoms with Crippen LogP contribution in [0.3, 0.4) is 0 Å². The quantitative estimate of drug-likeness (QED) is 0.497. The summed E-state index contributed by atoms with van der Waals surface area (Å²) in [4.78, 5) is 21.5. The molecule has 17 heavy (non-hydrogen) atoms. The van der Waals surface area contributed by atoms with Crippen LogP contribution in [0.15, 0.2) is 23.5 Å². The lowest BCUT2D eigenvalue weighted by molar-refractivity contribution is -0.113. The number of nitrogens with one attached hydrogen (secondary N) is 2. The fourth-order valence-electron chi connectivity index (χ4n) is 1.37. The van der Waals surface area contributed by atoms with E-state index in [4.69, 9.17) is 0 Å². The molecule has 0 rings (SSSR count). The van der Waals surface area contributed by atoms with Gasteiger partial charge in [-0.3, -0.25) is 9.59 Å². The van der Waals surface area contributed by atoms with E-state index >= 15 is 0 Å². The first kappa shape index (κ1) is 15.4. The molecule has 0 aliphatic heterocycles. The topological polar surface area (TPSA) is 58.2 Å². The lowest BCUT2D eigenvalue weighted by Gasteiger charge is -2.08. The van der Waals surface area contributed by atoms with Crippen molar-refractivity contribution in [2.45, 2.75) is 34.1 Å². The van der Waals surface area contributed by atoms with E-state index in [0.29, 0.717) is 0 Å². The van der Waals surface area contributed by atoms with Crippen molar-refractivity contribution in [2.75, 3.05) is 13.1 Å². The summed E-state index contributed by atoms with van der Waals surface area (Å²) in [5, 5.41) is 6.28. The van der Waals surface area contributed by atoms with E-state index in [1.54, 1.807) is 12.2 Å². The maximum atomic E-state index is 10.8. The second kappa shape index (κ2) is 8.56. The highest BCUT2D eigenvalue weighted by molar-refractivity contribution is 5.88. The van der Waals surface area contributed by atoms with Crippen LogP contribution in [-0.4, -0.2) is 24.7 Å². The Kier molecular flexibility index (Phi) is 7.76. The first-order valence-electron chi connectivity index (χ1n) is 5.77. The summed E-state index contributed by atoms with van der Waals surface area (Å²) < 4.78 is 0. The molecule has 0 amide bonds. The predicted octanol–water partition coefficient (Wildman–Crippen LogP) is 1.54. The number of carbonyl (C=O) groups excluding carboxylic acids is 2. The van der Waals surface area contributed by atoms with Crippen LogP contribution < -0.4 is 10.6 Å². The van der Waals surface area contributed by atoms with Crippen LogP contribution in [0.4, 0.5) is 0 Å². The van der Waals surface area contributed by atoms with Gasteiger partial charge >= 0.3 is 0 Å². The number of ketones is 2. The highest BCUT2D eigenvalue weighted by Crippen LogP contribution is 1.90. The summed E-state index contributed by atoms with van der Waals surface area (Å²) >= 11 is 0. The molecule has 4 nitrogen and oxygen atoms in total. The zero-order chi connectivity index (χ0) is 13.3. The zero-order valence-corrected chi connectivity index (χ0v) is 11.1. The van der Waals surface area contributed by atoms with Crippen molar-refractivity contribution in [3.05, 3.63) is 23.5 Å². The predicted molar refractivity (Wildman–Crippen MR) is 69.5 cm³/mol. The Hall–Kier alpha value is -1.58. The van der Waals surface area contributed by atoms with Gasteiger partial charge in [-0.05, 0) is 46.3 Å². The standard InChI is InChI=1S/C13H22N2O2/c1-10(8-12(3)16)14-6-5-7-15-11(2)9-13(4)17/h8-9,14-15H,5-7H2,1-4H3. The second-order valence-electron chi connectivity index (χ2n) is 4.08. The molecule has 2 N–H and O–H groups in total. The first-order chi connectivity index (χ1) is 7.91. The fourth-order valence-corrected chi connectivity index (χ4v) is 1.37. The van der Waals surface area contributed by atoms with E-state index in [0.717, 1.165) is 30.9 Å². The molecule has 0 atom stereocenters. The van der Waals surface area contributed by atoms with E-state index in [2.05, 4.69) is 10.6 Å². The Labute approximate surface area is 103 Å². The van der Waals surface area contributed by atoms with Crippen LogP contribution in [0.2, 0.25) is 0 Å². The van der Waals surface area contributed by atoms with Gasteiger partial charge in [0, 0.05) is 24.5 Å². The van der Waals surface area contributed by atoms with Gasteiger partial charge in [0.05, 0.1) is 0 Å². The van der Waals surface area contributed by atoms with Gasteiger partial charge in [-0.1, -0.05) is 0 Å². The number of allylic oxidation sites excluding steroid dienone is 4. The van der Waals surface area contributed by atoms with Crippen molar-refractivity contribution in [1.29, 1.82) is 0 Å². The minimum atomic E-state index is 0.0494. The average Bonchev–Trinajstić information content (AvgIpc) is 2.14. The largest absolute Gasteiger partial charge is 0.388 e. The summed E-state index contributed by atoms with van der Waals surface area (Å²) in [5.41, 5.74) is 1.77. The van der Waals surface area contributed by atoms with Crippen LogP contribution in [0.5, 0.6) is 0 Å². The highest BCUT2D eigenvalue weighted by Gasteiger charge is 1.93. The molecule has 0 bridgehead atoms.